The van der Waals surface area contributed by atoms with Gasteiger partial charge in [-0.3, -0.25) is 0 Å². The van der Waals surface area contributed by atoms with Gasteiger partial charge in [-0.25, -0.2) is 12.1 Å². The molecule has 0 atom stereocenters. The van der Waals surface area contributed by atoms with Crippen LogP contribution in [0.25, 0.3) is 0 Å². The molecular formula is C8H12Cl2Ti. The van der Waals surface area contributed by atoms with Crippen molar-refractivity contribution in [3.05, 3.63) is 36.8 Å². The topological polar surface area (TPSA) is 0 Å². The molecule has 0 amide bonds. The molecule has 0 aliphatic carbocycles. The van der Waals surface area contributed by atoms with Gasteiger partial charge < -0.3 is 32.2 Å². The van der Waals surface area contributed by atoms with Gasteiger partial charge >= 0.3 is 21.7 Å². The van der Waals surface area contributed by atoms with E-state index in [-0.39, 0.29) is 54.0 Å². The molecule has 0 spiro atoms. The summed E-state index contributed by atoms with van der Waals surface area (Å²) < 4.78 is 0. The fourth-order valence-electron chi connectivity index (χ4n) is 0.600. The van der Waals surface area contributed by atoms with E-state index >= 15 is 0 Å². The molecule has 0 bridgehead atoms. The van der Waals surface area contributed by atoms with Crippen molar-refractivity contribution in [3.8, 4) is 0 Å². The monoisotopic (exact) mass is 226 g/mol. The summed E-state index contributed by atoms with van der Waals surface area (Å²) in [6.07, 6.45) is 0. The largest absolute Gasteiger partial charge is 4.00 e. The van der Waals surface area contributed by atoms with Crippen LogP contribution in [-0.4, -0.2) is 0 Å². The first-order valence-electron chi connectivity index (χ1n) is 2.49. The fourth-order valence-corrected chi connectivity index (χ4v) is 0.600. The zero-order valence-corrected chi connectivity index (χ0v) is 10.1. The molecule has 0 saturated carbocycles. The second kappa shape index (κ2) is 10.6. The van der Waals surface area contributed by atoms with Gasteiger partial charge in [-0.1, -0.05) is 13.8 Å². The minimum absolute atomic E-state index is 0. The molecule has 62 valence electrons. The Morgan fingerprint density at radius 3 is 1.82 bits per heavy atom. The maximum Gasteiger partial charge on any atom is 4.00 e. The van der Waals surface area contributed by atoms with Crippen LogP contribution in [0.5, 0.6) is 0 Å². The molecule has 0 aliphatic rings. The first kappa shape index (κ1) is 22.6. The molecule has 11 heavy (non-hydrogen) atoms. The number of halogens is 2. The zero-order valence-electron chi connectivity index (χ0n) is 6.99. The summed E-state index contributed by atoms with van der Waals surface area (Å²) in [6, 6.07) is 6.31. The summed E-state index contributed by atoms with van der Waals surface area (Å²) >= 11 is 0. The quantitative estimate of drug-likeness (QED) is 0.318. The van der Waals surface area contributed by atoms with E-state index in [2.05, 4.69) is 32.0 Å². The van der Waals surface area contributed by atoms with Crippen LogP contribution in [0.15, 0.2) is 18.2 Å². The smallest absolute Gasteiger partial charge is 1.00 e. The maximum absolute atomic E-state index is 2.12. The Morgan fingerprint density at radius 2 is 1.73 bits per heavy atom. The van der Waals surface area contributed by atoms with E-state index in [9.17, 15) is 0 Å². The van der Waals surface area contributed by atoms with E-state index in [1.165, 1.54) is 11.1 Å². The van der Waals surface area contributed by atoms with Crippen molar-refractivity contribution < 1.29 is 46.5 Å². The first-order chi connectivity index (χ1) is 3.30. The van der Waals surface area contributed by atoms with Crippen molar-refractivity contribution in [3.63, 3.8) is 0 Å². The van der Waals surface area contributed by atoms with Crippen LogP contribution >= 0.6 is 0 Å². The number of hydrogen-bond acceptors (Lipinski definition) is 0. The van der Waals surface area contributed by atoms with Gasteiger partial charge in [0.25, 0.3) is 0 Å². The number of hydrogen-bond donors (Lipinski definition) is 0. The van der Waals surface area contributed by atoms with Crippen molar-refractivity contribution in [1.29, 1.82) is 0 Å². The molecule has 1 rings (SSSR count). The van der Waals surface area contributed by atoms with Gasteiger partial charge in [-0.15, -0.1) is 0 Å². The van der Waals surface area contributed by atoms with Crippen LogP contribution in [-0.2, 0) is 21.7 Å². The second-order valence-corrected chi connectivity index (χ2v) is 1.89. The summed E-state index contributed by atoms with van der Waals surface area (Å²) in [6.45, 7) is 4.24. The molecule has 0 aromatic heterocycles. The van der Waals surface area contributed by atoms with E-state index in [0.717, 1.165) is 0 Å². The number of rotatable bonds is 0. The van der Waals surface area contributed by atoms with Gasteiger partial charge in [0.1, 0.15) is 0 Å². The SMILES string of the molecule is Cc1ccc[c-]1C.[CH3-].[Cl-].[Cl-].[Ti+4]. The Balaban J connectivity index is -0.0000000612. The van der Waals surface area contributed by atoms with Crippen LogP contribution in [0.2, 0.25) is 0 Å². The van der Waals surface area contributed by atoms with E-state index in [0.29, 0.717) is 0 Å². The summed E-state index contributed by atoms with van der Waals surface area (Å²) in [5.41, 5.74) is 2.78. The molecule has 1 aromatic rings. The molecular weight excluding hydrogens is 215 g/mol. The van der Waals surface area contributed by atoms with E-state index in [4.69, 9.17) is 0 Å². The van der Waals surface area contributed by atoms with Crippen molar-refractivity contribution in [1.82, 2.24) is 0 Å². The molecule has 0 unspecified atom stereocenters. The summed E-state index contributed by atoms with van der Waals surface area (Å²) in [5, 5.41) is 0. The Morgan fingerprint density at radius 1 is 1.27 bits per heavy atom. The van der Waals surface area contributed by atoms with E-state index in [1.54, 1.807) is 0 Å². The summed E-state index contributed by atoms with van der Waals surface area (Å²) in [7, 11) is 0. The van der Waals surface area contributed by atoms with Crippen LogP contribution in [0, 0.1) is 21.3 Å². The Hall–Kier alpha value is 0.644. The Labute approximate surface area is 96.8 Å². The van der Waals surface area contributed by atoms with Crippen LogP contribution in [0.3, 0.4) is 0 Å². The third-order valence-electron chi connectivity index (χ3n) is 1.31. The molecule has 0 fully saturated rings. The molecule has 0 radical (unpaired) electrons. The maximum atomic E-state index is 2.12. The van der Waals surface area contributed by atoms with Gasteiger partial charge in [-0.2, -0.15) is 17.2 Å². The van der Waals surface area contributed by atoms with Crippen molar-refractivity contribution in [2.75, 3.05) is 0 Å². The molecule has 0 heterocycles. The third kappa shape index (κ3) is 7.02. The van der Waals surface area contributed by atoms with Crippen LogP contribution in [0.4, 0.5) is 0 Å². The predicted molar refractivity (Wildman–Crippen MR) is 37.9 cm³/mol. The van der Waals surface area contributed by atoms with Gasteiger partial charge in [0.15, 0.2) is 0 Å². The average Bonchev–Trinajstić information content (AvgIpc) is 1.91. The van der Waals surface area contributed by atoms with E-state index < -0.39 is 0 Å². The Bertz CT molecular complexity index is 144. The normalized spacial score (nSPS) is 6.00. The van der Waals surface area contributed by atoms with Gasteiger partial charge in [-0.05, 0) is 0 Å². The Kier molecular flexibility index (Phi) is 21.8. The molecule has 0 aliphatic heterocycles. The van der Waals surface area contributed by atoms with E-state index in [1.807, 2.05) is 0 Å². The third-order valence-corrected chi connectivity index (χ3v) is 1.31. The summed E-state index contributed by atoms with van der Waals surface area (Å²) in [4.78, 5) is 0. The van der Waals surface area contributed by atoms with Crippen LogP contribution in [0.1, 0.15) is 11.1 Å². The minimum atomic E-state index is 0. The first-order valence-corrected chi connectivity index (χ1v) is 2.49. The van der Waals surface area contributed by atoms with Crippen molar-refractivity contribution in [2.24, 2.45) is 0 Å². The molecule has 1 aromatic carbocycles. The molecule has 0 nitrogen and oxygen atoms in total. The predicted octanol–water partition coefficient (Wildman–Crippen LogP) is -3.52. The fraction of sp³-hybridized carbons (Fsp3) is 0.250. The molecule has 0 saturated heterocycles. The molecule has 0 N–H and O–H groups in total. The number of aryl methyl sites for hydroxylation is 2. The van der Waals surface area contributed by atoms with Crippen molar-refractivity contribution in [2.45, 2.75) is 13.8 Å². The molecule has 3 heteroatoms. The van der Waals surface area contributed by atoms with Crippen molar-refractivity contribution >= 4 is 0 Å². The second-order valence-electron chi connectivity index (χ2n) is 1.89. The zero-order chi connectivity index (χ0) is 5.28. The van der Waals surface area contributed by atoms with Gasteiger partial charge in [0.05, 0.1) is 0 Å². The van der Waals surface area contributed by atoms with Gasteiger partial charge in [0, 0.05) is 0 Å². The average molecular weight is 227 g/mol. The van der Waals surface area contributed by atoms with Crippen LogP contribution < -0.4 is 24.8 Å². The standard InChI is InChI=1S/C7H9.CH3.2ClH.Ti/c1-6-4-3-5-7(6)2;;;;/h3-5H,1-2H3;1H3;2*1H;/q2*-1;;;+4/p-2. The van der Waals surface area contributed by atoms with Gasteiger partial charge in [0.2, 0.25) is 0 Å². The summed E-state index contributed by atoms with van der Waals surface area (Å²) in [5.74, 6) is 0. The minimum Gasteiger partial charge on any atom is -1.00 e.